The van der Waals surface area contributed by atoms with Gasteiger partial charge in [-0.2, -0.15) is 11.3 Å². The van der Waals surface area contributed by atoms with Gasteiger partial charge in [-0.05, 0) is 34.5 Å². The van der Waals surface area contributed by atoms with Crippen LogP contribution in [0.15, 0.2) is 59.3 Å². The summed E-state index contributed by atoms with van der Waals surface area (Å²) in [5, 5.41) is 4.16. The maximum absolute atomic E-state index is 12.2. The molecule has 3 heteroatoms. The summed E-state index contributed by atoms with van der Waals surface area (Å²) in [6.45, 7) is 0. The SMILES string of the molecule is O=C(Cc1ccccc1)c1ccc(-c2ccsc2)s1. The normalized spacial score (nSPS) is 10.5. The highest BCUT2D eigenvalue weighted by Crippen LogP contribution is 2.30. The van der Waals surface area contributed by atoms with Gasteiger partial charge >= 0.3 is 0 Å². The van der Waals surface area contributed by atoms with Crippen molar-refractivity contribution in [2.45, 2.75) is 6.42 Å². The van der Waals surface area contributed by atoms with Gasteiger partial charge in [0, 0.05) is 16.9 Å². The highest BCUT2D eigenvalue weighted by atomic mass is 32.1. The zero-order chi connectivity index (χ0) is 13.1. The molecule has 0 atom stereocenters. The van der Waals surface area contributed by atoms with Crippen LogP contribution < -0.4 is 0 Å². The Bertz CT molecular complexity index is 666. The number of ketones is 1. The smallest absolute Gasteiger partial charge is 0.177 e. The first kappa shape index (κ1) is 12.3. The van der Waals surface area contributed by atoms with Gasteiger partial charge in [-0.1, -0.05) is 30.3 Å². The number of thiophene rings is 2. The zero-order valence-electron chi connectivity index (χ0n) is 10.2. The van der Waals surface area contributed by atoms with Gasteiger partial charge in [0.2, 0.25) is 0 Å². The summed E-state index contributed by atoms with van der Waals surface area (Å²) in [6, 6.07) is 15.9. The third-order valence-electron chi connectivity index (χ3n) is 2.89. The van der Waals surface area contributed by atoms with Gasteiger partial charge in [-0.15, -0.1) is 11.3 Å². The molecule has 0 spiro atoms. The fourth-order valence-corrected chi connectivity index (χ4v) is 3.59. The average molecular weight is 284 g/mol. The van der Waals surface area contributed by atoms with Gasteiger partial charge in [-0.25, -0.2) is 0 Å². The van der Waals surface area contributed by atoms with E-state index in [1.807, 2.05) is 42.5 Å². The van der Waals surface area contributed by atoms with Crippen molar-refractivity contribution in [2.24, 2.45) is 0 Å². The molecule has 0 unspecified atom stereocenters. The van der Waals surface area contributed by atoms with Crippen molar-refractivity contribution in [1.29, 1.82) is 0 Å². The molecule has 1 aromatic carbocycles. The quantitative estimate of drug-likeness (QED) is 0.623. The molecule has 19 heavy (non-hydrogen) atoms. The zero-order valence-corrected chi connectivity index (χ0v) is 11.8. The lowest BCUT2D eigenvalue weighted by molar-refractivity contribution is 0.0997. The summed E-state index contributed by atoms with van der Waals surface area (Å²) in [5.74, 6) is 0.192. The van der Waals surface area contributed by atoms with E-state index in [1.165, 1.54) is 5.56 Å². The topological polar surface area (TPSA) is 17.1 Å². The van der Waals surface area contributed by atoms with E-state index in [2.05, 4.69) is 16.8 Å². The third kappa shape index (κ3) is 2.83. The van der Waals surface area contributed by atoms with Crippen LogP contribution in [0.25, 0.3) is 10.4 Å². The van der Waals surface area contributed by atoms with Crippen LogP contribution in [-0.2, 0) is 6.42 Å². The Labute approximate surface area is 120 Å². The molecule has 0 aliphatic rings. The Balaban J connectivity index is 1.78. The Morgan fingerprint density at radius 1 is 1.00 bits per heavy atom. The standard InChI is InChI=1S/C16H12OS2/c17-14(10-12-4-2-1-3-5-12)16-7-6-15(19-16)13-8-9-18-11-13/h1-9,11H,10H2. The van der Waals surface area contributed by atoms with E-state index in [1.54, 1.807) is 22.7 Å². The lowest BCUT2D eigenvalue weighted by Gasteiger charge is -1.98. The van der Waals surface area contributed by atoms with Gasteiger partial charge in [-0.3, -0.25) is 4.79 Å². The number of benzene rings is 1. The minimum Gasteiger partial charge on any atom is -0.293 e. The number of rotatable bonds is 4. The molecule has 1 nitrogen and oxygen atoms in total. The van der Waals surface area contributed by atoms with Crippen molar-refractivity contribution in [3.63, 3.8) is 0 Å². The summed E-state index contributed by atoms with van der Waals surface area (Å²) in [7, 11) is 0. The molecule has 0 radical (unpaired) electrons. The van der Waals surface area contributed by atoms with Crippen LogP contribution in [0.3, 0.4) is 0 Å². The van der Waals surface area contributed by atoms with Crippen molar-refractivity contribution < 1.29 is 4.79 Å². The molecular formula is C16H12OS2. The second-order valence-corrected chi connectivity index (χ2v) is 6.13. The molecule has 0 aliphatic carbocycles. The van der Waals surface area contributed by atoms with E-state index in [-0.39, 0.29) is 5.78 Å². The van der Waals surface area contributed by atoms with E-state index < -0.39 is 0 Å². The molecule has 0 amide bonds. The molecule has 2 heterocycles. The molecule has 3 aromatic rings. The van der Waals surface area contributed by atoms with Gasteiger partial charge in [0.1, 0.15) is 0 Å². The Kier molecular flexibility index (Phi) is 3.58. The molecule has 0 saturated heterocycles. The van der Waals surface area contributed by atoms with Crippen molar-refractivity contribution >= 4 is 28.5 Å². The predicted octanol–water partition coefficient (Wildman–Crippen LogP) is 4.90. The first-order chi connectivity index (χ1) is 9.33. The second-order valence-electron chi connectivity index (χ2n) is 4.26. The molecule has 94 valence electrons. The van der Waals surface area contributed by atoms with Gasteiger partial charge in [0.25, 0.3) is 0 Å². The number of carbonyl (C=O) groups is 1. The van der Waals surface area contributed by atoms with Crippen molar-refractivity contribution in [3.05, 3.63) is 69.7 Å². The Morgan fingerprint density at radius 2 is 1.84 bits per heavy atom. The summed E-state index contributed by atoms with van der Waals surface area (Å²) in [4.78, 5) is 14.2. The molecule has 0 fully saturated rings. The molecular weight excluding hydrogens is 272 g/mol. The lowest BCUT2D eigenvalue weighted by atomic mass is 10.1. The van der Waals surface area contributed by atoms with Gasteiger partial charge in [0.15, 0.2) is 5.78 Å². The number of carbonyl (C=O) groups excluding carboxylic acids is 1. The molecule has 0 aliphatic heterocycles. The Hall–Kier alpha value is -1.71. The van der Waals surface area contributed by atoms with Crippen LogP contribution in [-0.4, -0.2) is 5.78 Å². The second kappa shape index (κ2) is 5.51. The fraction of sp³-hybridized carbons (Fsp3) is 0.0625. The van der Waals surface area contributed by atoms with E-state index in [0.29, 0.717) is 6.42 Å². The predicted molar refractivity (Wildman–Crippen MR) is 82.1 cm³/mol. The number of hydrogen-bond donors (Lipinski definition) is 0. The molecule has 0 bridgehead atoms. The molecule has 2 aromatic heterocycles. The van der Waals surface area contributed by atoms with Crippen LogP contribution >= 0.6 is 22.7 Å². The van der Waals surface area contributed by atoms with Gasteiger partial charge < -0.3 is 0 Å². The summed E-state index contributed by atoms with van der Waals surface area (Å²) < 4.78 is 0. The first-order valence-corrected chi connectivity index (χ1v) is 7.78. The third-order valence-corrected chi connectivity index (χ3v) is 4.75. The van der Waals surface area contributed by atoms with E-state index in [9.17, 15) is 4.79 Å². The molecule has 3 rings (SSSR count). The average Bonchev–Trinajstić information content (AvgIpc) is 3.11. The van der Waals surface area contributed by atoms with Crippen LogP contribution in [0, 0.1) is 0 Å². The largest absolute Gasteiger partial charge is 0.293 e. The summed E-state index contributed by atoms with van der Waals surface area (Å²) in [5.41, 5.74) is 2.27. The fourth-order valence-electron chi connectivity index (χ4n) is 1.92. The summed E-state index contributed by atoms with van der Waals surface area (Å²) in [6.07, 6.45) is 0.477. The first-order valence-electron chi connectivity index (χ1n) is 6.02. The monoisotopic (exact) mass is 284 g/mol. The number of Topliss-reactive ketones (excluding diaryl/α,β-unsaturated/α-hetero) is 1. The highest BCUT2D eigenvalue weighted by molar-refractivity contribution is 7.17. The van der Waals surface area contributed by atoms with E-state index in [4.69, 9.17) is 0 Å². The minimum atomic E-state index is 0.192. The summed E-state index contributed by atoms with van der Waals surface area (Å²) >= 11 is 3.25. The Morgan fingerprint density at radius 3 is 2.58 bits per heavy atom. The maximum atomic E-state index is 12.2. The van der Waals surface area contributed by atoms with Crippen LogP contribution in [0.5, 0.6) is 0 Å². The van der Waals surface area contributed by atoms with Crippen molar-refractivity contribution in [2.75, 3.05) is 0 Å². The highest BCUT2D eigenvalue weighted by Gasteiger charge is 2.11. The van der Waals surface area contributed by atoms with Crippen molar-refractivity contribution in [1.82, 2.24) is 0 Å². The van der Waals surface area contributed by atoms with Gasteiger partial charge in [0.05, 0.1) is 4.88 Å². The number of hydrogen-bond acceptors (Lipinski definition) is 3. The van der Waals surface area contributed by atoms with Crippen LogP contribution in [0.2, 0.25) is 0 Å². The van der Waals surface area contributed by atoms with E-state index >= 15 is 0 Å². The van der Waals surface area contributed by atoms with Crippen LogP contribution in [0.4, 0.5) is 0 Å². The van der Waals surface area contributed by atoms with E-state index in [0.717, 1.165) is 15.3 Å². The molecule has 0 N–H and O–H groups in total. The van der Waals surface area contributed by atoms with Crippen molar-refractivity contribution in [3.8, 4) is 10.4 Å². The minimum absolute atomic E-state index is 0.192. The lowest BCUT2D eigenvalue weighted by Crippen LogP contribution is -2.00. The van der Waals surface area contributed by atoms with Crippen LogP contribution in [0.1, 0.15) is 15.2 Å². The maximum Gasteiger partial charge on any atom is 0.177 e. The molecule has 0 saturated carbocycles.